The standard InChI is InChI=1S/C21H35ClNO7PS/c1-23(2,3)21(26)19(16-20(24)25)30-31(27,28)29-14-8-6-4-5-7-9-15-32-18-12-10-17(22)11-13-18/h10-13,19,21,26H,4-9,14-16H2,1-3H3,(H-,24,25,27,28)/p+1/t19-,21?/m1/s1. The van der Waals surface area contributed by atoms with Crippen LogP contribution in [0.15, 0.2) is 29.2 Å². The molecule has 0 bridgehead atoms. The van der Waals surface area contributed by atoms with Crippen LogP contribution in [-0.4, -0.2) is 71.4 Å². The molecule has 11 heteroatoms. The maximum atomic E-state index is 12.2. The maximum absolute atomic E-state index is 12.2. The third kappa shape index (κ3) is 13.2. The molecule has 0 saturated carbocycles. The fraction of sp³-hybridized carbons (Fsp3) is 0.667. The zero-order valence-electron chi connectivity index (χ0n) is 19.0. The Kier molecular flexibility index (Phi) is 13.4. The zero-order chi connectivity index (χ0) is 24.2. The van der Waals surface area contributed by atoms with Crippen LogP contribution < -0.4 is 0 Å². The van der Waals surface area contributed by atoms with E-state index in [9.17, 15) is 19.4 Å². The van der Waals surface area contributed by atoms with Crippen molar-refractivity contribution in [1.82, 2.24) is 0 Å². The number of unbranched alkanes of at least 4 members (excludes halogenated alkanes) is 5. The molecule has 1 rings (SSSR count). The van der Waals surface area contributed by atoms with Crippen LogP contribution in [0.2, 0.25) is 5.02 Å². The van der Waals surface area contributed by atoms with Gasteiger partial charge in [-0.05, 0) is 42.9 Å². The molecule has 32 heavy (non-hydrogen) atoms. The number of likely N-dealkylation sites (N-methyl/N-ethyl adjacent to an activating group) is 1. The third-order valence-corrected chi connectivity index (χ3v) is 7.04. The van der Waals surface area contributed by atoms with Crippen molar-refractivity contribution in [3.05, 3.63) is 29.3 Å². The number of halogens is 1. The van der Waals surface area contributed by atoms with Crippen LogP contribution in [0.5, 0.6) is 0 Å². The quantitative estimate of drug-likeness (QED) is 0.0898. The molecule has 2 unspecified atom stereocenters. The number of thioether (sulfide) groups is 1. The summed E-state index contributed by atoms with van der Waals surface area (Å²) in [5, 5.41) is 20.0. The normalized spacial score (nSPS) is 15.8. The molecule has 0 aliphatic rings. The number of hydrogen-bond donors (Lipinski definition) is 3. The van der Waals surface area contributed by atoms with E-state index in [0.717, 1.165) is 42.9 Å². The highest BCUT2D eigenvalue weighted by Crippen LogP contribution is 2.46. The van der Waals surface area contributed by atoms with E-state index < -0.39 is 32.5 Å². The van der Waals surface area contributed by atoms with E-state index in [2.05, 4.69) is 0 Å². The summed E-state index contributed by atoms with van der Waals surface area (Å²) >= 11 is 7.68. The van der Waals surface area contributed by atoms with Crippen molar-refractivity contribution in [3.8, 4) is 0 Å². The van der Waals surface area contributed by atoms with E-state index in [4.69, 9.17) is 25.8 Å². The topological polar surface area (TPSA) is 113 Å². The first kappa shape index (κ1) is 29.4. The summed E-state index contributed by atoms with van der Waals surface area (Å²) in [6, 6.07) is 7.81. The number of carboxylic acids is 1. The highest BCUT2D eigenvalue weighted by Gasteiger charge is 2.39. The highest BCUT2D eigenvalue weighted by molar-refractivity contribution is 7.99. The first-order chi connectivity index (χ1) is 14.9. The Balaban J connectivity index is 2.18. The van der Waals surface area contributed by atoms with Gasteiger partial charge in [0.2, 0.25) is 6.23 Å². The van der Waals surface area contributed by atoms with Crippen molar-refractivity contribution >= 4 is 37.2 Å². The second kappa shape index (κ2) is 14.6. The van der Waals surface area contributed by atoms with Crippen LogP contribution in [0, 0.1) is 0 Å². The number of hydrogen-bond acceptors (Lipinski definition) is 6. The van der Waals surface area contributed by atoms with Crippen molar-refractivity contribution in [1.29, 1.82) is 0 Å². The fourth-order valence-corrected chi connectivity index (χ4v) is 4.87. The minimum atomic E-state index is -4.48. The molecule has 0 fully saturated rings. The fourth-order valence-electron chi connectivity index (χ4n) is 2.88. The van der Waals surface area contributed by atoms with Gasteiger partial charge in [-0.15, -0.1) is 11.8 Å². The Hall–Kier alpha value is -0.640. The van der Waals surface area contributed by atoms with Gasteiger partial charge in [-0.25, -0.2) is 4.57 Å². The number of benzene rings is 1. The van der Waals surface area contributed by atoms with Crippen molar-refractivity contribution in [2.24, 2.45) is 0 Å². The lowest BCUT2D eigenvalue weighted by Gasteiger charge is -2.34. The lowest BCUT2D eigenvalue weighted by molar-refractivity contribution is -0.922. The number of carboxylic acid groups (broad SMARTS) is 1. The summed E-state index contributed by atoms with van der Waals surface area (Å²) in [5.41, 5.74) is 0. The summed E-state index contributed by atoms with van der Waals surface area (Å²) in [5.74, 6) is -0.194. The van der Waals surface area contributed by atoms with Crippen LogP contribution >= 0.6 is 31.2 Å². The third-order valence-electron chi connectivity index (χ3n) is 4.65. The van der Waals surface area contributed by atoms with E-state index in [0.29, 0.717) is 6.42 Å². The number of aliphatic carboxylic acids is 1. The van der Waals surface area contributed by atoms with Crippen LogP contribution in [0.1, 0.15) is 44.9 Å². The predicted octanol–water partition coefficient (Wildman–Crippen LogP) is 4.77. The van der Waals surface area contributed by atoms with Gasteiger partial charge in [0.1, 0.15) is 0 Å². The largest absolute Gasteiger partial charge is 0.481 e. The molecule has 0 radical (unpaired) electrons. The monoisotopic (exact) mass is 512 g/mol. The van der Waals surface area contributed by atoms with Crippen molar-refractivity contribution in [3.63, 3.8) is 0 Å². The molecule has 0 aromatic heterocycles. The lowest BCUT2D eigenvalue weighted by atomic mass is 10.1. The van der Waals surface area contributed by atoms with Crippen molar-refractivity contribution in [2.75, 3.05) is 33.5 Å². The molecule has 1 aromatic carbocycles. The summed E-state index contributed by atoms with van der Waals surface area (Å²) in [6.45, 7) is 0.0282. The second-order valence-corrected chi connectivity index (χ2v) is 11.5. The van der Waals surface area contributed by atoms with Gasteiger partial charge in [-0.1, -0.05) is 37.3 Å². The first-order valence-electron chi connectivity index (χ1n) is 10.7. The molecule has 1 aromatic rings. The maximum Gasteiger partial charge on any atom is 0.472 e. The molecule has 8 nitrogen and oxygen atoms in total. The molecule has 0 saturated heterocycles. The minimum Gasteiger partial charge on any atom is -0.481 e. The zero-order valence-corrected chi connectivity index (χ0v) is 21.5. The van der Waals surface area contributed by atoms with Gasteiger partial charge in [0.25, 0.3) is 0 Å². The molecule has 0 aliphatic heterocycles. The number of phosphoric acid groups is 1. The van der Waals surface area contributed by atoms with Gasteiger partial charge < -0.3 is 19.6 Å². The Morgan fingerprint density at radius 3 is 2.22 bits per heavy atom. The average molecular weight is 513 g/mol. The number of quaternary nitrogens is 1. The Morgan fingerprint density at radius 1 is 1.09 bits per heavy atom. The molecule has 0 spiro atoms. The number of phosphoric ester groups is 1. The Bertz CT molecular complexity index is 730. The number of aliphatic hydroxyl groups is 1. The van der Waals surface area contributed by atoms with Gasteiger partial charge in [0, 0.05) is 9.92 Å². The van der Waals surface area contributed by atoms with Crippen molar-refractivity contribution in [2.45, 2.75) is 62.2 Å². The Labute approximate surface area is 200 Å². The van der Waals surface area contributed by atoms with E-state index >= 15 is 0 Å². The van der Waals surface area contributed by atoms with E-state index in [-0.39, 0.29) is 11.1 Å². The molecule has 3 atom stereocenters. The van der Waals surface area contributed by atoms with Crippen molar-refractivity contribution < 1.29 is 38.0 Å². The second-order valence-electron chi connectivity index (χ2n) is 8.50. The van der Waals surface area contributed by atoms with Crippen LogP contribution in [0.4, 0.5) is 0 Å². The van der Waals surface area contributed by atoms with E-state index in [1.165, 1.54) is 4.90 Å². The Morgan fingerprint density at radius 2 is 1.66 bits per heavy atom. The van der Waals surface area contributed by atoms with Crippen LogP contribution in [0.25, 0.3) is 0 Å². The van der Waals surface area contributed by atoms with Gasteiger partial charge in [0.05, 0.1) is 34.2 Å². The van der Waals surface area contributed by atoms with Gasteiger partial charge in [0.15, 0.2) is 6.10 Å². The van der Waals surface area contributed by atoms with Gasteiger partial charge in [-0.3, -0.25) is 13.8 Å². The highest BCUT2D eigenvalue weighted by atomic mass is 35.5. The van der Waals surface area contributed by atoms with Gasteiger partial charge >= 0.3 is 13.8 Å². The van der Waals surface area contributed by atoms with E-state index in [1.54, 1.807) is 21.1 Å². The molecule has 0 heterocycles. The van der Waals surface area contributed by atoms with Gasteiger partial charge in [-0.2, -0.15) is 0 Å². The van der Waals surface area contributed by atoms with Crippen LogP contribution in [0.3, 0.4) is 0 Å². The lowest BCUT2D eigenvalue weighted by Crippen LogP contribution is -2.52. The smallest absolute Gasteiger partial charge is 0.472 e. The molecular weight excluding hydrogens is 477 g/mol. The number of rotatable bonds is 17. The van der Waals surface area contributed by atoms with Crippen LogP contribution in [-0.2, 0) is 18.4 Å². The first-order valence-corrected chi connectivity index (χ1v) is 13.5. The molecular formula is C21H36ClNO7PS+. The number of aliphatic hydroxyl groups excluding tert-OH is 1. The predicted molar refractivity (Wildman–Crippen MR) is 127 cm³/mol. The number of carbonyl (C=O) groups is 1. The summed E-state index contributed by atoms with van der Waals surface area (Å²) < 4.78 is 22.1. The minimum absolute atomic E-state index is 0.0282. The van der Waals surface area contributed by atoms with E-state index in [1.807, 2.05) is 36.0 Å². The SMILES string of the molecule is C[N+](C)(C)C(O)[C@@H](CC(=O)O)OP(=O)(O)OCCCCCCCCSc1ccc(Cl)cc1. The molecule has 0 amide bonds. The summed E-state index contributed by atoms with van der Waals surface area (Å²) in [7, 11) is 0.407. The number of nitrogens with zero attached hydrogens (tertiary/aromatic N) is 1. The summed E-state index contributed by atoms with van der Waals surface area (Å²) in [4.78, 5) is 22.1. The average Bonchev–Trinajstić information content (AvgIpc) is 2.68. The molecule has 184 valence electrons. The summed E-state index contributed by atoms with van der Waals surface area (Å²) in [6.07, 6.45) is 2.46. The molecule has 3 N–H and O–H groups in total. The molecule has 0 aliphatic carbocycles.